The molecule has 0 aliphatic heterocycles. The maximum absolute atomic E-state index is 3.48. The Labute approximate surface area is 128 Å². The lowest BCUT2D eigenvalue weighted by Gasteiger charge is -2.20. The Morgan fingerprint density at radius 3 is 2.60 bits per heavy atom. The molecule has 0 fully saturated rings. The predicted octanol–water partition coefficient (Wildman–Crippen LogP) is 4.93. The van der Waals surface area contributed by atoms with Crippen LogP contribution in [0.25, 0.3) is 10.1 Å². The predicted molar refractivity (Wildman–Crippen MR) is 91.0 cm³/mol. The average molecular weight is 299 g/mol. The summed E-state index contributed by atoms with van der Waals surface area (Å²) >= 11 is 3.62. The molecule has 1 aromatic heterocycles. The van der Waals surface area contributed by atoms with Gasteiger partial charge in [-0.25, -0.2) is 0 Å². The fourth-order valence-corrected chi connectivity index (χ4v) is 4.21. The van der Waals surface area contributed by atoms with Crippen LogP contribution in [0.3, 0.4) is 0 Å². The van der Waals surface area contributed by atoms with E-state index in [9.17, 15) is 0 Å². The van der Waals surface area contributed by atoms with Gasteiger partial charge in [0.25, 0.3) is 0 Å². The summed E-state index contributed by atoms with van der Waals surface area (Å²) in [5.41, 5.74) is 2.71. The van der Waals surface area contributed by atoms with Crippen molar-refractivity contribution in [3.8, 4) is 0 Å². The van der Waals surface area contributed by atoms with Crippen molar-refractivity contribution in [3.63, 3.8) is 0 Å². The highest BCUT2D eigenvalue weighted by Gasteiger charge is 2.17. The van der Waals surface area contributed by atoms with Gasteiger partial charge in [0.15, 0.2) is 0 Å². The van der Waals surface area contributed by atoms with Gasteiger partial charge < -0.3 is 5.32 Å². The second kappa shape index (κ2) is 6.00. The first kappa shape index (κ1) is 13.7. The minimum Gasteiger partial charge on any atom is -0.309 e. The molecule has 1 nitrogen and oxygen atoms in total. The Morgan fingerprint density at radius 1 is 1.00 bits per heavy atom. The van der Waals surface area contributed by atoms with Gasteiger partial charge in [0.05, 0.1) is 6.04 Å². The van der Waals surface area contributed by atoms with Crippen LogP contribution in [0, 0.1) is 0 Å². The first-order valence-electron chi connectivity index (χ1n) is 6.61. The second-order valence-corrected chi connectivity index (χ2v) is 6.41. The van der Waals surface area contributed by atoms with E-state index in [0.29, 0.717) is 0 Å². The molecule has 3 heteroatoms. The van der Waals surface area contributed by atoms with Gasteiger partial charge in [0.1, 0.15) is 0 Å². The Morgan fingerprint density at radius 2 is 1.80 bits per heavy atom. The summed E-state index contributed by atoms with van der Waals surface area (Å²) < 4.78 is 1.38. The monoisotopic (exact) mass is 299 g/mol. The highest BCUT2D eigenvalue weighted by atomic mass is 32.2. The third-order valence-corrected chi connectivity index (χ3v) is 5.35. The molecule has 3 aromatic rings. The molecular formula is C17H17NS2. The molecule has 20 heavy (non-hydrogen) atoms. The third kappa shape index (κ3) is 2.37. The molecule has 0 saturated heterocycles. The van der Waals surface area contributed by atoms with E-state index in [2.05, 4.69) is 65.5 Å². The van der Waals surface area contributed by atoms with Gasteiger partial charge in [-0.15, -0.1) is 23.1 Å². The van der Waals surface area contributed by atoms with Crippen molar-refractivity contribution in [2.24, 2.45) is 0 Å². The zero-order chi connectivity index (χ0) is 13.9. The fraction of sp³-hybridized carbons (Fsp3) is 0.176. The second-order valence-electron chi connectivity index (χ2n) is 4.65. The number of rotatable bonds is 4. The van der Waals surface area contributed by atoms with E-state index in [1.807, 2.05) is 18.4 Å². The summed E-state index contributed by atoms with van der Waals surface area (Å²) in [7, 11) is 2.04. The van der Waals surface area contributed by atoms with Crippen LogP contribution in [0.15, 0.2) is 58.8 Å². The average Bonchev–Trinajstić information content (AvgIpc) is 2.98. The molecule has 3 rings (SSSR count). The first-order valence-corrected chi connectivity index (χ1v) is 8.72. The van der Waals surface area contributed by atoms with Gasteiger partial charge in [0.2, 0.25) is 0 Å². The van der Waals surface area contributed by atoms with Crippen molar-refractivity contribution < 1.29 is 0 Å². The molecule has 0 saturated carbocycles. The van der Waals surface area contributed by atoms with Crippen molar-refractivity contribution in [2.75, 3.05) is 13.3 Å². The van der Waals surface area contributed by atoms with Crippen LogP contribution >= 0.6 is 23.1 Å². The molecule has 0 radical (unpaired) electrons. The topological polar surface area (TPSA) is 12.0 Å². The van der Waals surface area contributed by atoms with Gasteiger partial charge in [-0.1, -0.05) is 36.4 Å². The first-order chi connectivity index (χ1) is 9.85. The molecule has 102 valence electrons. The lowest BCUT2D eigenvalue weighted by Crippen LogP contribution is -2.18. The quantitative estimate of drug-likeness (QED) is 0.685. The molecule has 0 aliphatic carbocycles. The summed E-state index contributed by atoms with van der Waals surface area (Å²) in [6.07, 6.45) is 2.14. The molecule has 1 unspecified atom stereocenters. The van der Waals surface area contributed by atoms with Crippen LogP contribution in [0.2, 0.25) is 0 Å². The summed E-state index contributed by atoms with van der Waals surface area (Å²) in [5, 5.41) is 6.98. The van der Waals surface area contributed by atoms with Crippen LogP contribution in [0.4, 0.5) is 0 Å². The van der Waals surface area contributed by atoms with Gasteiger partial charge in [0, 0.05) is 9.60 Å². The van der Waals surface area contributed by atoms with Crippen LogP contribution in [0.1, 0.15) is 17.2 Å². The lowest BCUT2D eigenvalue weighted by atomic mass is 9.98. The minimum atomic E-state index is 0.237. The van der Waals surface area contributed by atoms with E-state index in [0.717, 1.165) is 0 Å². The molecule has 1 heterocycles. The van der Waals surface area contributed by atoms with Crippen LogP contribution in [-0.2, 0) is 0 Å². The Balaban J connectivity index is 2.16. The van der Waals surface area contributed by atoms with Gasteiger partial charge in [-0.2, -0.15) is 0 Å². The molecular weight excluding hydrogens is 282 g/mol. The number of hydrogen-bond donors (Lipinski definition) is 1. The number of nitrogens with one attached hydrogen (secondary N) is 1. The molecule has 1 N–H and O–H groups in total. The zero-order valence-electron chi connectivity index (χ0n) is 11.6. The maximum atomic E-state index is 3.48. The van der Waals surface area contributed by atoms with Gasteiger partial charge >= 0.3 is 0 Å². The molecule has 2 aromatic carbocycles. The van der Waals surface area contributed by atoms with Crippen molar-refractivity contribution >= 4 is 33.2 Å². The van der Waals surface area contributed by atoms with E-state index in [1.165, 1.54) is 26.1 Å². The van der Waals surface area contributed by atoms with Crippen molar-refractivity contribution in [2.45, 2.75) is 10.9 Å². The highest BCUT2D eigenvalue weighted by Crippen LogP contribution is 2.35. The number of fused-ring (bicyclic) bond motifs is 1. The van der Waals surface area contributed by atoms with Crippen LogP contribution in [-0.4, -0.2) is 13.3 Å². The largest absolute Gasteiger partial charge is 0.309 e. The summed E-state index contributed by atoms with van der Waals surface area (Å²) in [6.45, 7) is 0. The molecule has 0 spiro atoms. The SMILES string of the molecule is CNC(c1ccccc1SC)c1cccc2ccsc12. The van der Waals surface area contributed by atoms with E-state index < -0.39 is 0 Å². The Bertz CT molecular complexity index is 718. The minimum absolute atomic E-state index is 0.237. The van der Waals surface area contributed by atoms with E-state index >= 15 is 0 Å². The summed E-state index contributed by atoms with van der Waals surface area (Å²) in [5.74, 6) is 0. The standard InChI is InChI=1S/C17H17NS2/c1-18-16(13-7-3-4-9-15(13)19-2)14-8-5-6-12-10-11-20-17(12)14/h3-11,16,18H,1-2H3. The van der Waals surface area contributed by atoms with Crippen molar-refractivity contribution in [1.82, 2.24) is 5.32 Å². The molecule has 0 bridgehead atoms. The Kier molecular flexibility index (Phi) is 4.10. The van der Waals surface area contributed by atoms with Gasteiger partial charge in [-0.05, 0) is 47.3 Å². The van der Waals surface area contributed by atoms with Crippen LogP contribution < -0.4 is 5.32 Å². The smallest absolute Gasteiger partial charge is 0.0599 e. The van der Waals surface area contributed by atoms with Crippen molar-refractivity contribution in [3.05, 3.63) is 65.0 Å². The molecule has 0 amide bonds. The van der Waals surface area contributed by atoms with Crippen molar-refractivity contribution in [1.29, 1.82) is 0 Å². The molecule has 0 aliphatic rings. The highest BCUT2D eigenvalue weighted by molar-refractivity contribution is 7.98. The number of thiophene rings is 1. The molecule has 1 atom stereocenters. The number of thioether (sulfide) groups is 1. The third-order valence-electron chi connectivity index (χ3n) is 3.56. The fourth-order valence-electron chi connectivity index (χ4n) is 2.63. The summed E-state index contributed by atoms with van der Waals surface area (Å²) in [4.78, 5) is 1.33. The number of benzene rings is 2. The van der Waals surface area contributed by atoms with Crippen LogP contribution in [0.5, 0.6) is 0 Å². The van der Waals surface area contributed by atoms with E-state index in [-0.39, 0.29) is 6.04 Å². The van der Waals surface area contributed by atoms with E-state index in [1.54, 1.807) is 11.8 Å². The number of hydrogen-bond acceptors (Lipinski definition) is 3. The maximum Gasteiger partial charge on any atom is 0.0599 e. The zero-order valence-corrected chi connectivity index (χ0v) is 13.2. The lowest BCUT2D eigenvalue weighted by molar-refractivity contribution is 0.686. The van der Waals surface area contributed by atoms with Gasteiger partial charge in [-0.3, -0.25) is 0 Å². The Hall–Kier alpha value is -1.29. The normalized spacial score (nSPS) is 12.7. The van der Waals surface area contributed by atoms with E-state index in [4.69, 9.17) is 0 Å². The summed E-state index contributed by atoms with van der Waals surface area (Å²) in [6, 6.07) is 17.6.